The van der Waals surface area contributed by atoms with Crippen molar-refractivity contribution in [3.05, 3.63) is 71.0 Å². The van der Waals surface area contributed by atoms with Gasteiger partial charge in [0.1, 0.15) is 11.4 Å². The molecule has 0 aliphatic carbocycles. The van der Waals surface area contributed by atoms with E-state index in [1.54, 1.807) is 18.3 Å². The van der Waals surface area contributed by atoms with Gasteiger partial charge in [0.25, 0.3) is 0 Å². The van der Waals surface area contributed by atoms with Crippen LogP contribution in [-0.2, 0) is 12.6 Å². The van der Waals surface area contributed by atoms with Crippen LogP contribution in [0.4, 0.5) is 13.2 Å². The molecular formula is C21H20F3N3. The number of aryl methyl sites for hydroxylation is 1. The smallest absolute Gasteiger partial charge is 0.273 e. The van der Waals surface area contributed by atoms with Crippen LogP contribution in [0.5, 0.6) is 0 Å². The van der Waals surface area contributed by atoms with Crippen molar-refractivity contribution in [2.75, 3.05) is 0 Å². The summed E-state index contributed by atoms with van der Waals surface area (Å²) in [5, 5.41) is 5.72. The van der Waals surface area contributed by atoms with E-state index in [1.807, 2.05) is 17.3 Å². The van der Waals surface area contributed by atoms with Crippen LogP contribution in [0.3, 0.4) is 0 Å². The molecule has 2 aromatic heterocycles. The molecule has 0 bridgehead atoms. The molecule has 0 aliphatic heterocycles. The van der Waals surface area contributed by atoms with Crippen molar-refractivity contribution in [2.24, 2.45) is 0 Å². The van der Waals surface area contributed by atoms with Crippen LogP contribution in [0.1, 0.15) is 42.1 Å². The van der Waals surface area contributed by atoms with Gasteiger partial charge < -0.3 is 0 Å². The maximum atomic E-state index is 12.7. The lowest BCUT2D eigenvalue weighted by Gasteiger charge is -2.01. The molecule has 0 saturated carbocycles. The number of benzene rings is 1. The summed E-state index contributed by atoms with van der Waals surface area (Å²) < 4.78 is 38.1. The first-order chi connectivity index (χ1) is 13.0. The predicted octanol–water partition coefficient (Wildman–Crippen LogP) is 6.00. The Kier molecular flexibility index (Phi) is 5.74. The molecule has 1 aromatic carbocycles. The van der Waals surface area contributed by atoms with Crippen molar-refractivity contribution >= 4 is 12.2 Å². The van der Waals surface area contributed by atoms with Gasteiger partial charge in [-0.15, -0.1) is 0 Å². The zero-order valence-electron chi connectivity index (χ0n) is 14.9. The first-order valence-corrected chi connectivity index (χ1v) is 8.82. The monoisotopic (exact) mass is 371 g/mol. The highest BCUT2D eigenvalue weighted by molar-refractivity contribution is 5.71. The summed E-state index contributed by atoms with van der Waals surface area (Å²) in [6.07, 6.45) is 4.41. The normalized spacial score (nSPS) is 12.0. The molecule has 0 spiro atoms. The summed E-state index contributed by atoms with van der Waals surface area (Å²) in [5.74, 6) is 0. The molecule has 140 valence electrons. The molecule has 0 unspecified atom stereocenters. The van der Waals surface area contributed by atoms with Crippen LogP contribution in [-0.4, -0.2) is 15.2 Å². The van der Waals surface area contributed by atoms with Crippen LogP contribution >= 0.6 is 0 Å². The van der Waals surface area contributed by atoms with E-state index < -0.39 is 11.9 Å². The Balaban J connectivity index is 1.74. The van der Waals surface area contributed by atoms with Crippen molar-refractivity contribution < 1.29 is 13.2 Å². The number of pyridine rings is 1. The van der Waals surface area contributed by atoms with Crippen LogP contribution in [0.2, 0.25) is 0 Å². The first-order valence-electron chi connectivity index (χ1n) is 8.82. The summed E-state index contributed by atoms with van der Waals surface area (Å²) in [5.41, 5.74) is 2.89. The van der Waals surface area contributed by atoms with E-state index in [4.69, 9.17) is 0 Å². The third-order valence-corrected chi connectivity index (χ3v) is 4.20. The van der Waals surface area contributed by atoms with E-state index in [9.17, 15) is 13.2 Å². The van der Waals surface area contributed by atoms with Crippen LogP contribution in [0.25, 0.3) is 23.5 Å². The third kappa shape index (κ3) is 5.06. The fourth-order valence-electron chi connectivity index (χ4n) is 2.66. The molecule has 27 heavy (non-hydrogen) atoms. The van der Waals surface area contributed by atoms with E-state index in [0.29, 0.717) is 5.69 Å². The van der Waals surface area contributed by atoms with Gasteiger partial charge in [0.05, 0.1) is 5.69 Å². The number of nitrogens with zero attached hydrogens (tertiary/aromatic N) is 2. The second kappa shape index (κ2) is 8.20. The molecular weight excluding hydrogens is 351 g/mol. The fourth-order valence-corrected chi connectivity index (χ4v) is 2.66. The molecule has 0 radical (unpaired) electrons. The highest BCUT2D eigenvalue weighted by atomic mass is 19.4. The maximum absolute atomic E-state index is 12.7. The van der Waals surface area contributed by atoms with Gasteiger partial charge in [-0.2, -0.15) is 18.3 Å². The molecule has 6 heteroatoms. The highest BCUT2D eigenvalue weighted by Crippen LogP contribution is 2.30. The van der Waals surface area contributed by atoms with Crippen molar-refractivity contribution in [3.63, 3.8) is 0 Å². The van der Waals surface area contributed by atoms with Gasteiger partial charge in [-0.1, -0.05) is 49.8 Å². The summed E-state index contributed by atoms with van der Waals surface area (Å²) >= 11 is 0. The van der Waals surface area contributed by atoms with E-state index in [2.05, 4.69) is 41.3 Å². The Morgan fingerprint density at radius 3 is 2.37 bits per heavy atom. The Bertz CT molecular complexity index is 909. The standard InChI is InChI=1S/C21H20F3N3/c1-2-3-4-15-5-7-16(8-6-15)9-10-17-11-12-25-18(13-17)19-14-20(27-26-19)21(22,23)24/h5-14H,2-4H2,1H3,(H,26,27)/b10-9+. The number of rotatable bonds is 6. The minimum Gasteiger partial charge on any atom is -0.273 e. The topological polar surface area (TPSA) is 41.6 Å². The second-order valence-electron chi connectivity index (χ2n) is 6.32. The van der Waals surface area contributed by atoms with Gasteiger partial charge >= 0.3 is 6.18 Å². The predicted molar refractivity (Wildman–Crippen MR) is 101 cm³/mol. The second-order valence-corrected chi connectivity index (χ2v) is 6.32. The van der Waals surface area contributed by atoms with Crippen molar-refractivity contribution in [2.45, 2.75) is 32.4 Å². The minimum absolute atomic E-state index is 0.165. The highest BCUT2D eigenvalue weighted by Gasteiger charge is 2.33. The molecule has 0 amide bonds. The number of alkyl halides is 3. The molecule has 3 rings (SSSR count). The van der Waals surface area contributed by atoms with Gasteiger partial charge in [0.15, 0.2) is 0 Å². The largest absolute Gasteiger partial charge is 0.432 e. The van der Waals surface area contributed by atoms with Crippen molar-refractivity contribution in [1.29, 1.82) is 0 Å². The number of hydrogen-bond acceptors (Lipinski definition) is 2. The van der Waals surface area contributed by atoms with E-state index >= 15 is 0 Å². The van der Waals surface area contributed by atoms with E-state index in [1.165, 1.54) is 18.4 Å². The Morgan fingerprint density at radius 2 is 1.70 bits per heavy atom. The van der Waals surface area contributed by atoms with E-state index in [0.717, 1.165) is 23.6 Å². The number of hydrogen-bond donors (Lipinski definition) is 1. The average Bonchev–Trinajstić information content (AvgIpc) is 3.16. The summed E-state index contributed by atoms with van der Waals surface area (Å²) in [6, 6.07) is 12.8. The minimum atomic E-state index is -4.45. The van der Waals surface area contributed by atoms with Gasteiger partial charge in [-0.05, 0) is 47.7 Å². The number of aromatic nitrogens is 3. The van der Waals surface area contributed by atoms with Crippen LogP contribution in [0.15, 0.2) is 48.7 Å². The van der Waals surface area contributed by atoms with Crippen LogP contribution in [0, 0.1) is 0 Å². The third-order valence-electron chi connectivity index (χ3n) is 4.20. The number of halogens is 3. The maximum Gasteiger partial charge on any atom is 0.432 e. The molecule has 3 aromatic rings. The van der Waals surface area contributed by atoms with Crippen molar-refractivity contribution in [3.8, 4) is 11.4 Å². The average molecular weight is 371 g/mol. The lowest BCUT2D eigenvalue weighted by molar-refractivity contribution is -0.141. The zero-order chi connectivity index (χ0) is 19.3. The zero-order valence-corrected chi connectivity index (χ0v) is 14.9. The van der Waals surface area contributed by atoms with Crippen molar-refractivity contribution in [1.82, 2.24) is 15.2 Å². The molecule has 0 aliphatic rings. The number of nitrogens with one attached hydrogen (secondary N) is 1. The van der Waals surface area contributed by atoms with E-state index in [-0.39, 0.29) is 5.69 Å². The summed E-state index contributed by atoms with van der Waals surface area (Å²) in [4.78, 5) is 4.12. The first kappa shape index (κ1) is 18.9. The lowest BCUT2D eigenvalue weighted by atomic mass is 10.1. The number of aromatic amines is 1. The molecule has 2 heterocycles. The molecule has 0 fully saturated rings. The SMILES string of the molecule is CCCCc1ccc(/C=C/c2ccnc(-c3cc(C(F)(F)F)[nH]n3)c2)cc1. The molecule has 0 atom stereocenters. The summed E-state index contributed by atoms with van der Waals surface area (Å²) in [7, 11) is 0. The molecule has 0 saturated heterocycles. The Labute approximate surface area is 156 Å². The van der Waals surface area contributed by atoms with Gasteiger partial charge in [0.2, 0.25) is 0 Å². The van der Waals surface area contributed by atoms with Crippen LogP contribution < -0.4 is 0 Å². The van der Waals surface area contributed by atoms with Gasteiger partial charge in [0, 0.05) is 6.20 Å². The van der Waals surface area contributed by atoms with Gasteiger partial charge in [-0.3, -0.25) is 10.1 Å². The Hall–Kier alpha value is -2.89. The Morgan fingerprint density at radius 1 is 0.963 bits per heavy atom. The van der Waals surface area contributed by atoms with Gasteiger partial charge in [-0.25, -0.2) is 0 Å². The molecule has 1 N–H and O–H groups in total. The fraction of sp³-hybridized carbons (Fsp3) is 0.238. The molecule has 3 nitrogen and oxygen atoms in total. The number of H-pyrrole nitrogens is 1. The lowest BCUT2D eigenvalue weighted by Crippen LogP contribution is -2.04. The summed E-state index contributed by atoms with van der Waals surface area (Å²) in [6.45, 7) is 2.17. The number of unbranched alkanes of at least 4 members (excludes halogenated alkanes) is 1. The quantitative estimate of drug-likeness (QED) is 0.577.